The molecular formula is C28H32F2N6O4. The number of benzene rings is 2. The lowest BCUT2D eigenvalue weighted by Gasteiger charge is -2.34. The van der Waals surface area contributed by atoms with Gasteiger partial charge in [0.2, 0.25) is 11.7 Å². The van der Waals surface area contributed by atoms with Crippen LogP contribution in [0.15, 0.2) is 36.5 Å². The molecule has 1 fully saturated rings. The minimum absolute atomic E-state index is 0.0134. The van der Waals surface area contributed by atoms with Crippen molar-refractivity contribution in [3.05, 3.63) is 65.1 Å². The number of hydrogen-bond acceptors (Lipinski definition) is 6. The van der Waals surface area contributed by atoms with Crippen LogP contribution in [0.5, 0.6) is 5.75 Å². The molecule has 0 aliphatic heterocycles. The fourth-order valence-electron chi connectivity index (χ4n) is 4.68. The Bertz CT molecular complexity index is 1430. The molecule has 1 aromatic heterocycles. The Hall–Kier alpha value is -4.32. The Morgan fingerprint density at radius 3 is 2.55 bits per heavy atom. The van der Waals surface area contributed by atoms with E-state index in [2.05, 4.69) is 20.9 Å². The molecule has 0 atom stereocenters. The molecule has 0 spiro atoms. The van der Waals surface area contributed by atoms with Crippen molar-refractivity contribution >= 4 is 23.4 Å². The molecule has 0 bridgehead atoms. The van der Waals surface area contributed by atoms with Crippen LogP contribution < -0.4 is 26.4 Å². The zero-order valence-electron chi connectivity index (χ0n) is 22.5. The fourth-order valence-corrected chi connectivity index (χ4v) is 4.68. The van der Waals surface area contributed by atoms with E-state index in [9.17, 15) is 23.2 Å². The molecule has 12 heteroatoms. The number of nitrogens with two attached hydrogens (primary N) is 1. The van der Waals surface area contributed by atoms with Gasteiger partial charge in [0.05, 0.1) is 19.0 Å². The third kappa shape index (κ3) is 5.81. The van der Waals surface area contributed by atoms with Crippen molar-refractivity contribution in [3.8, 4) is 17.0 Å². The van der Waals surface area contributed by atoms with Crippen molar-refractivity contribution in [2.24, 2.45) is 18.7 Å². The minimum Gasteiger partial charge on any atom is -0.494 e. The van der Waals surface area contributed by atoms with Crippen LogP contribution in [-0.2, 0) is 18.3 Å². The average molecular weight is 555 g/mol. The SMILES string of the molecule is CCc1cc(NC(=O)c2ncc(-c3ccc(OC)c(F)c3F)n2C)ccc1C(=O)NC1CC(C(=O)NCCN)C1. The first-order valence-corrected chi connectivity index (χ1v) is 12.9. The number of nitrogens with zero attached hydrogens (tertiary/aromatic N) is 2. The molecule has 4 rings (SSSR count). The lowest BCUT2D eigenvalue weighted by Crippen LogP contribution is -2.50. The van der Waals surface area contributed by atoms with Gasteiger partial charge in [0.25, 0.3) is 11.8 Å². The number of carbonyl (C=O) groups excluding carboxylic acids is 3. The number of amides is 3. The van der Waals surface area contributed by atoms with E-state index in [4.69, 9.17) is 10.5 Å². The first-order chi connectivity index (χ1) is 19.2. The van der Waals surface area contributed by atoms with Crippen LogP contribution in [0.2, 0.25) is 0 Å². The van der Waals surface area contributed by atoms with Crippen molar-refractivity contribution in [3.63, 3.8) is 0 Å². The Balaban J connectivity index is 1.42. The van der Waals surface area contributed by atoms with Crippen molar-refractivity contribution in [1.82, 2.24) is 20.2 Å². The van der Waals surface area contributed by atoms with E-state index in [-0.39, 0.29) is 46.6 Å². The Labute approximate surface area is 230 Å². The first-order valence-electron chi connectivity index (χ1n) is 12.9. The van der Waals surface area contributed by atoms with E-state index in [1.165, 1.54) is 37.1 Å². The molecular weight excluding hydrogens is 522 g/mol. The lowest BCUT2D eigenvalue weighted by atomic mass is 9.79. The number of methoxy groups -OCH3 is 1. The molecule has 1 saturated carbocycles. The molecule has 3 aromatic rings. The molecule has 0 saturated heterocycles. The molecule has 1 heterocycles. The molecule has 3 amide bonds. The quantitative estimate of drug-likeness (QED) is 0.304. The number of ether oxygens (including phenoxy) is 1. The van der Waals surface area contributed by atoms with E-state index in [0.29, 0.717) is 43.6 Å². The number of aryl methyl sites for hydroxylation is 1. The van der Waals surface area contributed by atoms with Crippen LogP contribution in [0, 0.1) is 17.6 Å². The van der Waals surface area contributed by atoms with Crippen LogP contribution in [0.3, 0.4) is 0 Å². The van der Waals surface area contributed by atoms with Crippen molar-refractivity contribution in [2.45, 2.75) is 32.2 Å². The molecule has 5 N–H and O–H groups in total. The predicted molar refractivity (Wildman–Crippen MR) is 145 cm³/mol. The summed E-state index contributed by atoms with van der Waals surface area (Å²) >= 11 is 0. The number of rotatable bonds is 10. The van der Waals surface area contributed by atoms with Gasteiger partial charge in [-0.15, -0.1) is 0 Å². The summed E-state index contributed by atoms with van der Waals surface area (Å²) in [5.74, 6) is -3.47. The average Bonchev–Trinajstić information content (AvgIpc) is 3.31. The van der Waals surface area contributed by atoms with Gasteiger partial charge in [0.1, 0.15) is 0 Å². The number of nitrogens with one attached hydrogen (secondary N) is 3. The van der Waals surface area contributed by atoms with Crippen LogP contribution in [0.25, 0.3) is 11.3 Å². The smallest absolute Gasteiger partial charge is 0.291 e. The maximum absolute atomic E-state index is 14.6. The second kappa shape index (κ2) is 12.2. The van der Waals surface area contributed by atoms with Gasteiger partial charge in [-0.2, -0.15) is 4.39 Å². The van der Waals surface area contributed by atoms with E-state index >= 15 is 0 Å². The Kier molecular flexibility index (Phi) is 8.78. The highest BCUT2D eigenvalue weighted by Crippen LogP contribution is 2.30. The molecule has 0 unspecified atom stereocenters. The maximum atomic E-state index is 14.6. The van der Waals surface area contributed by atoms with Crippen LogP contribution in [0.1, 0.15) is 46.3 Å². The number of hydrogen-bond donors (Lipinski definition) is 4. The highest BCUT2D eigenvalue weighted by atomic mass is 19.2. The van der Waals surface area contributed by atoms with Crippen molar-refractivity contribution < 1.29 is 27.9 Å². The van der Waals surface area contributed by atoms with Gasteiger partial charge in [-0.25, -0.2) is 9.37 Å². The number of halogens is 2. The monoisotopic (exact) mass is 554 g/mol. The topological polar surface area (TPSA) is 140 Å². The maximum Gasteiger partial charge on any atom is 0.291 e. The van der Waals surface area contributed by atoms with E-state index in [0.717, 1.165) is 5.56 Å². The van der Waals surface area contributed by atoms with Gasteiger partial charge in [-0.1, -0.05) is 6.92 Å². The Morgan fingerprint density at radius 1 is 1.12 bits per heavy atom. The molecule has 2 aromatic carbocycles. The van der Waals surface area contributed by atoms with Crippen LogP contribution >= 0.6 is 0 Å². The van der Waals surface area contributed by atoms with Crippen molar-refractivity contribution in [2.75, 3.05) is 25.5 Å². The zero-order chi connectivity index (χ0) is 29.0. The predicted octanol–water partition coefficient (Wildman–Crippen LogP) is 2.77. The number of carbonyl (C=O) groups is 3. The van der Waals surface area contributed by atoms with Gasteiger partial charge in [-0.05, 0) is 55.2 Å². The van der Waals surface area contributed by atoms with E-state index in [1.54, 1.807) is 18.2 Å². The van der Waals surface area contributed by atoms with Gasteiger partial charge in [0.15, 0.2) is 17.4 Å². The fraction of sp³-hybridized carbons (Fsp3) is 0.357. The van der Waals surface area contributed by atoms with Crippen LogP contribution in [-0.4, -0.2) is 53.5 Å². The second-order valence-electron chi connectivity index (χ2n) is 9.57. The summed E-state index contributed by atoms with van der Waals surface area (Å²) in [5, 5.41) is 8.48. The first kappa shape index (κ1) is 28.7. The van der Waals surface area contributed by atoms with Crippen molar-refractivity contribution in [1.29, 1.82) is 0 Å². The highest BCUT2D eigenvalue weighted by molar-refractivity contribution is 6.03. The summed E-state index contributed by atoms with van der Waals surface area (Å²) in [6, 6.07) is 7.51. The standard InChI is InChI=1S/C28H32F2N6O4/c1-4-15-11-17(5-6-19(15)27(38)35-18-12-16(13-18)26(37)32-10-9-31)34-28(39)25-33-14-21(36(25)2)20-7-8-22(40-3)24(30)23(20)29/h5-8,11,14,16,18H,4,9-10,12-13,31H2,1-3H3,(H,32,37)(H,34,39)(H,35,38). The molecule has 0 radical (unpaired) electrons. The summed E-state index contributed by atoms with van der Waals surface area (Å²) in [6.45, 7) is 2.70. The summed E-state index contributed by atoms with van der Waals surface area (Å²) in [6.07, 6.45) is 2.96. The summed E-state index contributed by atoms with van der Waals surface area (Å²) in [5.41, 5.74) is 7.21. The van der Waals surface area contributed by atoms with Gasteiger partial charge in [0, 0.05) is 48.9 Å². The number of imidazole rings is 1. The van der Waals surface area contributed by atoms with Crippen LogP contribution in [0.4, 0.5) is 14.5 Å². The number of aromatic nitrogens is 2. The summed E-state index contributed by atoms with van der Waals surface area (Å²) in [4.78, 5) is 42.0. The second-order valence-corrected chi connectivity index (χ2v) is 9.57. The molecule has 212 valence electrons. The lowest BCUT2D eigenvalue weighted by molar-refractivity contribution is -0.128. The molecule has 10 nitrogen and oxygen atoms in total. The number of anilines is 1. The normalized spacial score (nSPS) is 16.1. The highest BCUT2D eigenvalue weighted by Gasteiger charge is 2.35. The minimum atomic E-state index is -1.13. The molecule has 1 aliphatic carbocycles. The van der Waals surface area contributed by atoms with E-state index in [1.807, 2.05) is 6.92 Å². The largest absolute Gasteiger partial charge is 0.494 e. The van der Waals surface area contributed by atoms with Gasteiger partial charge in [-0.3, -0.25) is 14.4 Å². The molecule has 40 heavy (non-hydrogen) atoms. The van der Waals surface area contributed by atoms with Gasteiger partial charge >= 0.3 is 0 Å². The third-order valence-corrected chi connectivity index (χ3v) is 7.01. The summed E-state index contributed by atoms with van der Waals surface area (Å²) in [7, 11) is 2.76. The summed E-state index contributed by atoms with van der Waals surface area (Å²) < 4.78 is 35.0. The third-order valence-electron chi connectivity index (χ3n) is 7.01. The van der Waals surface area contributed by atoms with E-state index < -0.39 is 17.5 Å². The zero-order valence-corrected chi connectivity index (χ0v) is 22.5. The van der Waals surface area contributed by atoms with Gasteiger partial charge < -0.3 is 31.0 Å². The molecule has 1 aliphatic rings. The Morgan fingerprint density at radius 2 is 1.88 bits per heavy atom.